The SMILES string of the molecule is CCOC(=O)c1c(O)c(-c2nc3ccccc3[nH]2)c(N)n1-c1cc(OC)cc(OC)c1. The average molecular weight is 422 g/mol. The molecule has 4 aromatic rings. The third-order valence-electron chi connectivity index (χ3n) is 4.87. The maximum Gasteiger partial charge on any atom is 0.359 e. The van der Waals surface area contributed by atoms with Crippen LogP contribution in [-0.4, -0.2) is 46.4 Å². The molecular formula is C22H22N4O5. The number of H-pyrrole nitrogens is 1. The maximum atomic E-state index is 12.8. The molecule has 160 valence electrons. The molecule has 0 saturated heterocycles. The summed E-state index contributed by atoms with van der Waals surface area (Å²) in [6.07, 6.45) is 0. The Kier molecular flexibility index (Phi) is 5.16. The number of hydrogen-bond donors (Lipinski definition) is 3. The van der Waals surface area contributed by atoms with Crippen LogP contribution in [-0.2, 0) is 4.74 Å². The van der Waals surface area contributed by atoms with Crippen LogP contribution in [0.3, 0.4) is 0 Å². The highest BCUT2D eigenvalue weighted by Crippen LogP contribution is 2.42. The predicted molar refractivity (Wildman–Crippen MR) is 116 cm³/mol. The normalized spacial score (nSPS) is 10.9. The Morgan fingerprint density at radius 1 is 1.16 bits per heavy atom. The molecule has 0 fully saturated rings. The summed E-state index contributed by atoms with van der Waals surface area (Å²) < 4.78 is 17.3. The summed E-state index contributed by atoms with van der Waals surface area (Å²) in [5.41, 5.74) is 8.46. The summed E-state index contributed by atoms with van der Waals surface area (Å²) in [5, 5.41) is 11.1. The number of nitrogen functional groups attached to an aromatic ring is 1. The molecule has 0 radical (unpaired) electrons. The van der Waals surface area contributed by atoms with E-state index in [0.717, 1.165) is 5.52 Å². The van der Waals surface area contributed by atoms with Crippen LogP contribution < -0.4 is 15.2 Å². The molecule has 2 heterocycles. The van der Waals surface area contributed by atoms with Crippen molar-refractivity contribution >= 4 is 22.8 Å². The molecule has 0 aliphatic rings. The fourth-order valence-electron chi connectivity index (χ4n) is 3.46. The Labute approximate surface area is 178 Å². The van der Waals surface area contributed by atoms with Crippen molar-refractivity contribution in [1.82, 2.24) is 14.5 Å². The van der Waals surface area contributed by atoms with Gasteiger partial charge in [-0.15, -0.1) is 0 Å². The second kappa shape index (κ2) is 7.94. The molecule has 0 bridgehead atoms. The lowest BCUT2D eigenvalue weighted by molar-refractivity contribution is 0.0514. The molecule has 9 nitrogen and oxygen atoms in total. The largest absolute Gasteiger partial charge is 0.505 e. The van der Waals surface area contributed by atoms with Gasteiger partial charge in [0.2, 0.25) is 0 Å². The van der Waals surface area contributed by atoms with Gasteiger partial charge in [-0.2, -0.15) is 0 Å². The molecule has 0 saturated carbocycles. The minimum absolute atomic E-state index is 0.106. The summed E-state index contributed by atoms with van der Waals surface area (Å²) in [4.78, 5) is 20.4. The van der Waals surface area contributed by atoms with Gasteiger partial charge in [0.25, 0.3) is 0 Å². The number of methoxy groups -OCH3 is 2. The fourth-order valence-corrected chi connectivity index (χ4v) is 3.46. The van der Waals surface area contributed by atoms with E-state index in [4.69, 9.17) is 19.9 Å². The summed E-state index contributed by atoms with van der Waals surface area (Å²) in [5.74, 6) is 0.349. The molecule has 2 aromatic heterocycles. The Morgan fingerprint density at radius 3 is 2.45 bits per heavy atom. The number of aromatic amines is 1. The number of aromatic hydroxyl groups is 1. The number of benzene rings is 2. The van der Waals surface area contributed by atoms with Gasteiger partial charge in [-0.3, -0.25) is 4.57 Å². The summed E-state index contributed by atoms with van der Waals surface area (Å²) in [6, 6.07) is 12.4. The first-order valence-electron chi connectivity index (χ1n) is 9.57. The van der Waals surface area contributed by atoms with Gasteiger partial charge >= 0.3 is 5.97 Å². The quantitative estimate of drug-likeness (QED) is 0.406. The van der Waals surface area contributed by atoms with E-state index in [-0.39, 0.29) is 29.4 Å². The van der Waals surface area contributed by atoms with Gasteiger partial charge in [0.05, 0.1) is 37.5 Å². The van der Waals surface area contributed by atoms with E-state index in [1.807, 2.05) is 24.3 Å². The van der Waals surface area contributed by atoms with E-state index in [0.29, 0.717) is 28.5 Å². The first-order valence-corrected chi connectivity index (χ1v) is 9.57. The van der Waals surface area contributed by atoms with Crippen molar-refractivity contribution in [3.8, 4) is 34.3 Å². The molecule has 0 atom stereocenters. The van der Waals surface area contributed by atoms with E-state index >= 15 is 0 Å². The number of nitrogens with one attached hydrogen (secondary N) is 1. The van der Waals surface area contributed by atoms with Crippen LogP contribution in [0.2, 0.25) is 0 Å². The lowest BCUT2D eigenvalue weighted by atomic mass is 10.2. The number of ether oxygens (including phenoxy) is 3. The lowest BCUT2D eigenvalue weighted by Crippen LogP contribution is -2.13. The minimum Gasteiger partial charge on any atom is -0.505 e. The zero-order valence-corrected chi connectivity index (χ0v) is 17.3. The number of esters is 1. The van der Waals surface area contributed by atoms with Crippen molar-refractivity contribution in [3.05, 3.63) is 48.2 Å². The number of imidazole rings is 1. The highest BCUT2D eigenvalue weighted by Gasteiger charge is 2.30. The van der Waals surface area contributed by atoms with E-state index in [9.17, 15) is 9.90 Å². The maximum absolute atomic E-state index is 12.8. The number of carbonyl (C=O) groups excluding carboxylic acids is 1. The third kappa shape index (κ3) is 3.39. The van der Waals surface area contributed by atoms with Gasteiger partial charge in [-0.05, 0) is 19.1 Å². The van der Waals surface area contributed by atoms with Crippen LogP contribution in [0, 0.1) is 0 Å². The topological polar surface area (TPSA) is 125 Å². The first kappa shape index (κ1) is 20.1. The van der Waals surface area contributed by atoms with Gasteiger partial charge in [-0.25, -0.2) is 9.78 Å². The van der Waals surface area contributed by atoms with E-state index in [1.165, 1.54) is 18.8 Å². The Hall–Kier alpha value is -4.14. The first-order chi connectivity index (χ1) is 15.0. The van der Waals surface area contributed by atoms with Gasteiger partial charge in [-0.1, -0.05) is 12.1 Å². The Bertz CT molecular complexity index is 1220. The molecule has 0 amide bonds. The molecule has 0 aliphatic heterocycles. The Morgan fingerprint density at radius 2 is 1.84 bits per heavy atom. The molecule has 4 rings (SSSR count). The lowest BCUT2D eigenvalue weighted by Gasteiger charge is -2.13. The van der Waals surface area contributed by atoms with Gasteiger partial charge in [0.1, 0.15) is 28.7 Å². The van der Waals surface area contributed by atoms with E-state index in [1.54, 1.807) is 25.1 Å². The standard InChI is InChI=1S/C22H22N4O5/c1-4-31-22(28)18-19(27)17(21-24-15-7-5-6-8-16(15)25-21)20(23)26(18)12-9-13(29-2)11-14(10-12)30-3/h5-11,27H,4,23H2,1-3H3,(H,24,25). The number of aromatic nitrogens is 3. The number of para-hydroxylation sites is 2. The molecule has 31 heavy (non-hydrogen) atoms. The number of nitrogens with two attached hydrogens (primary N) is 1. The number of nitrogens with zero attached hydrogens (tertiary/aromatic N) is 2. The van der Waals surface area contributed by atoms with Crippen LogP contribution in [0.15, 0.2) is 42.5 Å². The predicted octanol–water partition coefficient (Wildman–Crippen LogP) is 3.50. The molecule has 0 aliphatic carbocycles. The second-order valence-electron chi connectivity index (χ2n) is 6.69. The highest BCUT2D eigenvalue weighted by molar-refractivity contribution is 5.99. The van der Waals surface area contributed by atoms with Crippen molar-refractivity contribution in [1.29, 1.82) is 0 Å². The summed E-state index contributed by atoms with van der Waals surface area (Å²) in [6.45, 7) is 1.81. The van der Waals surface area contributed by atoms with Gasteiger partial charge < -0.3 is 30.0 Å². The molecule has 0 unspecified atom stereocenters. The molecule has 9 heteroatoms. The average Bonchev–Trinajstić information content (AvgIpc) is 3.31. The minimum atomic E-state index is -0.726. The zero-order chi connectivity index (χ0) is 22.1. The number of hydrogen-bond acceptors (Lipinski definition) is 7. The molecule has 2 aromatic carbocycles. The summed E-state index contributed by atoms with van der Waals surface area (Å²) in [7, 11) is 3.03. The number of rotatable bonds is 6. The van der Waals surface area contributed by atoms with Crippen molar-refractivity contribution in [2.75, 3.05) is 26.6 Å². The van der Waals surface area contributed by atoms with Crippen LogP contribution in [0.5, 0.6) is 17.2 Å². The van der Waals surface area contributed by atoms with Gasteiger partial charge in [0, 0.05) is 18.2 Å². The fraction of sp³-hybridized carbons (Fsp3) is 0.182. The van der Waals surface area contributed by atoms with Crippen LogP contribution in [0.1, 0.15) is 17.4 Å². The number of carbonyl (C=O) groups is 1. The van der Waals surface area contributed by atoms with E-state index < -0.39 is 5.97 Å². The number of anilines is 1. The summed E-state index contributed by atoms with van der Waals surface area (Å²) >= 11 is 0. The smallest absolute Gasteiger partial charge is 0.359 e. The molecule has 4 N–H and O–H groups in total. The monoisotopic (exact) mass is 422 g/mol. The van der Waals surface area contributed by atoms with Crippen molar-refractivity contribution in [2.24, 2.45) is 0 Å². The van der Waals surface area contributed by atoms with Crippen LogP contribution in [0.25, 0.3) is 28.1 Å². The second-order valence-corrected chi connectivity index (χ2v) is 6.69. The van der Waals surface area contributed by atoms with Crippen LogP contribution >= 0.6 is 0 Å². The number of fused-ring (bicyclic) bond motifs is 1. The van der Waals surface area contributed by atoms with Crippen molar-refractivity contribution < 1.29 is 24.1 Å². The Balaban J connectivity index is 2.00. The van der Waals surface area contributed by atoms with Crippen LogP contribution in [0.4, 0.5) is 5.82 Å². The van der Waals surface area contributed by atoms with Crippen molar-refractivity contribution in [2.45, 2.75) is 6.92 Å². The van der Waals surface area contributed by atoms with E-state index in [2.05, 4.69) is 9.97 Å². The molecule has 0 spiro atoms. The zero-order valence-electron chi connectivity index (χ0n) is 17.3. The van der Waals surface area contributed by atoms with Crippen molar-refractivity contribution in [3.63, 3.8) is 0 Å². The highest BCUT2D eigenvalue weighted by atomic mass is 16.5. The van der Waals surface area contributed by atoms with Gasteiger partial charge in [0.15, 0.2) is 11.4 Å². The third-order valence-corrected chi connectivity index (χ3v) is 4.87. The molecular weight excluding hydrogens is 400 g/mol.